The molecule has 2 aromatic rings. The standard InChI is InChI=1S/C20H20N4O3/c1-2-6-16(13-9-11-15(12-10-13)23-20(21)22)17(19(26)27)24-18(25)14-7-4-3-5-8-14/h1,3-5,7-12,16-17H,6H2,(H,24,25)(H,26,27)(H4,21,22,23)/t16-,17+/m0/s1. The molecule has 2 aromatic carbocycles. The van der Waals surface area contributed by atoms with E-state index in [2.05, 4.69) is 16.2 Å². The molecular formula is C20H20N4O3. The Labute approximate surface area is 157 Å². The van der Waals surface area contributed by atoms with Gasteiger partial charge in [0.1, 0.15) is 6.04 Å². The third kappa shape index (κ3) is 5.34. The lowest BCUT2D eigenvalue weighted by molar-refractivity contribution is -0.139. The van der Waals surface area contributed by atoms with E-state index in [4.69, 9.17) is 17.9 Å². The van der Waals surface area contributed by atoms with Gasteiger partial charge in [-0.3, -0.25) is 4.79 Å². The topological polar surface area (TPSA) is 131 Å². The summed E-state index contributed by atoms with van der Waals surface area (Å²) in [5, 5.41) is 12.2. The summed E-state index contributed by atoms with van der Waals surface area (Å²) in [5.41, 5.74) is 12.2. The highest BCUT2D eigenvalue weighted by Crippen LogP contribution is 2.26. The summed E-state index contributed by atoms with van der Waals surface area (Å²) < 4.78 is 0. The van der Waals surface area contributed by atoms with Crippen molar-refractivity contribution in [1.82, 2.24) is 5.32 Å². The number of terminal acetylenes is 1. The van der Waals surface area contributed by atoms with Crippen LogP contribution in [0.3, 0.4) is 0 Å². The summed E-state index contributed by atoms with van der Waals surface area (Å²) in [4.78, 5) is 28.2. The number of guanidine groups is 1. The second kappa shape index (κ2) is 9.06. The van der Waals surface area contributed by atoms with Gasteiger partial charge in [0.25, 0.3) is 5.91 Å². The second-order valence-corrected chi connectivity index (χ2v) is 5.80. The number of nitrogens with two attached hydrogens (primary N) is 2. The molecule has 0 aromatic heterocycles. The second-order valence-electron chi connectivity index (χ2n) is 5.80. The summed E-state index contributed by atoms with van der Waals surface area (Å²) in [6.45, 7) is 0. The fourth-order valence-electron chi connectivity index (χ4n) is 2.65. The van der Waals surface area contributed by atoms with Gasteiger partial charge >= 0.3 is 5.97 Å². The van der Waals surface area contributed by atoms with Crippen LogP contribution in [0.5, 0.6) is 0 Å². The Morgan fingerprint density at radius 1 is 1.11 bits per heavy atom. The lowest BCUT2D eigenvalue weighted by Crippen LogP contribution is -2.45. The molecule has 2 atom stereocenters. The Balaban J connectivity index is 2.30. The zero-order valence-corrected chi connectivity index (χ0v) is 14.5. The summed E-state index contributed by atoms with van der Waals surface area (Å²) in [6.07, 6.45) is 5.56. The van der Waals surface area contributed by atoms with Crippen LogP contribution in [0.1, 0.15) is 28.3 Å². The number of aliphatic imine (C=N–C) groups is 1. The summed E-state index contributed by atoms with van der Waals surface area (Å²) in [6, 6.07) is 13.9. The van der Waals surface area contributed by atoms with Crippen LogP contribution in [0.4, 0.5) is 5.69 Å². The number of carbonyl (C=O) groups is 2. The van der Waals surface area contributed by atoms with E-state index in [1.54, 1.807) is 54.6 Å². The Morgan fingerprint density at radius 3 is 2.26 bits per heavy atom. The third-order valence-electron chi connectivity index (χ3n) is 3.91. The molecule has 0 bridgehead atoms. The van der Waals surface area contributed by atoms with E-state index >= 15 is 0 Å². The lowest BCUT2D eigenvalue weighted by Gasteiger charge is -2.24. The number of carboxylic acid groups (broad SMARTS) is 1. The van der Waals surface area contributed by atoms with Gasteiger partial charge in [0.2, 0.25) is 0 Å². The summed E-state index contributed by atoms with van der Waals surface area (Å²) in [7, 11) is 0. The molecular weight excluding hydrogens is 344 g/mol. The number of amides is 1. The van der Waals surface area contributed by atoms with Gasteiger partial charge < -0.3 is 21.9 Å². The van der Waals surface area contributed by atoms with Gasteiger partial charge in [0.15, 0.2) is 5.96 Å². The van der Waals surface area contributed by atoms with Gasteiger partial charge in [-0.15, -0.1) is 12.3 Å². The molecule has 7 nitrogen and oxygen atoms in total. The fourth-order valence-corrected chi connectivity index (χ4v) is 2.65. The zero-order chi connectivity index (χ0) is 19.8. The first-order chi connectivity index (χ1) is 12.9. The smallest absolute Gasteiger partial charge is 0.326 e. The minimum absolute atomic E-state index is 0.0820. The van der Waals surface area contributed by atoms with Crippen molar-refractivity contribution in [1.29, 1.82) is 0 Å². The van der Waals surface area contributed by atoms with Crippen LogP contribution in [0.15, 0.2) is 59.6 Å². The van der Waals surface area contributed by atoms with Crippen LogP contribution in [0.2, 0.25) is 0 Å². The van der Waals surface area contributed by atoms with E-state index in [0.29, 0.717) is 16.8 Å². The largest absolute Gasteiger partial charge is 0.480 e. The van der Waals surface area contributed by atoms with Gasteiger partial charge in [0, 0.05) is 17.9 Å². The number of aliphatic carboxylic acids is 1. The van der Waals surface area contributed by atoms with E-state index in [9.17, 15) is 14.7 Å². The molecule has 0 unspecified atom stereocenters. The first-order valence-corrected chi connectivity index (χ1v) is 8.14. The molecule has 0 spiro atoms. The third-order valence-corrected chi connectivity index (χ3v) is 3.91. The molecule has 0 saturated heterocycles. The molecule has 2 rings (SSSR count). The van der Waals surface area contributed by atoms with E-state index in [-0.39, 0.29) is 12.4 Å². The predicted octanol–water partition coefficient (Wildman–Crippen LogP) is 1.58. The summed E-state index contributed by atoms with van der Waals surface area (Å²) >= 11 is 0. The minimum Gasteiger partial charge on any atom is -0.480 e. The van der Waals surface area contributed by atoms with Crippen molar-refractivity contribution in [3.8, 4) is 12.3 Å². The molecule has 0 aliphatic carbocycles. The lowest BCUT2D eigenvalue weighted by atomic mass is 9.88. The molecule has 6 N–H and O–H groups in total. The van der Waals surface area contributed by atoms with Crippen LogP contribution >= 0.6 is 0 Å². The SMILES string of the molecule is C#CC[C@@H](c1ccc(N=C(N)N)cc1)[C@@H](NC(=O)c1ccccc1)C(=O)O. The highest BCUT2D eigenvalue weighted by molar-refractivity contribution is 5.96. The fraction of sp³-hybridized carbons (Fsp3) is 0.150. The number of hydrogen-bond acceptors (Lipinski definition) is 3. The maximum atomic E-state index is 12.4. The molecule has 138 valence electrons. The van der Waals surface area contributed by atoms with Gasteiger partial charge in [-0.1, -0.05) is 30.3 Å². The van der Waals surface area contributed by atoms with Crippen molar-refractivity contribution >= 4 is 23.5 Å². The van der Waals surface area contributed by atoms with Crippen molar-refractivity contribution < 1.29 is 14.7 Å². The minimum atomic E-state index is -1.19. The number of nitrogens with zero attached hydrogens (tertiary/aromatic N) is 1. The Kier molecular flexibility index (Phi) is 6.55. The van der Waals surface area contributed by atoms with Gasteiger partial charge in [-0.05, 0) is 29.8 Å². The molecule has 0 radical (unpaired) electrons. The molecule has 27 heavy (non-hydrogen) atoms. The maximum absolute atomic E-state index is 12.4. The quantitative estimate of drug-likeness (QED) is 0.337. The molecule has 0 saturated carbocycles. The van der Waals surface area contributed by atoms with Crippen LogP contribution < -0.4 is 16.8 Å². The van der Waals surface area contributed by atoms with Crippen LogP contribution in [-0.4, -0.2) is 29.0 Å². The first-order valence-electron chi connectivity index (χ1n) is 8.14. The van der Waals surface area contributed by atoms with Gasteiger partial charge in [-0.25, -0.2) is 9.79 Å². The molecule has 0 heterocycles. The number of carbonyl (C=O) groups excluding carboxylic acids is 1. The van der Waals surface area contributed by atoms with E-state index in [0.717, 1.165) is 0 Å². The van der Waals surface area contributed by atoms with Crippen LogP contribution in [-0.2, 0) is 4.79 Å². The highest BCUT2D eigenvalue weighted by atomic mass is 16.4. The van der Waals surface area contributed by atoms with Crippen molar-refractivity contribution in [2.45, 2.75) is 18.4 Å². The average Bonchev–Trinajstić information content (AvgIpc) is 2.65. The molecule has 0 aliphatic rings. The van der Waals surface area contributed by atoms with E-state index in [1.165, 1.54) is 0 Å². The Bertz CT molecular complexity index is 866. The highest BCUT2D eigenvalue weighted by Gasteiger charge is 2.30. The van der Waals surface area contributed by atoms with Crippen molar-refractivity contribution in [2.24, 2.45) is 16.5 Å². The zero-order valence-electron chi connectivity index (χ0n) is 14.5. The number of nitrogens with one attached hydrogen (secondary N) is 1. The van der Waals surface area contributed by atoms with Gasteiger partial charge in [0.05, 0.1) is 5.69 Å². The molecule has 0 fully saturated rings. The molecule has 7 heteroatoms. The van der Waals surface area contributed by atoms with Crippen LogP contribution in [0, 0.1) is 12.3 Å². The Morgan fingerprint density at radius 2 is 1.74 bits per heavy atom. The maximum Gasteiger partial charge on any atom is 0.326 e. The van der Waals surface area contributed by atoms with Crippen molar-refractivity contribution in [3.63, 3.8) is 0 Å². The van der Waals surface area contributed by atoms with Crippen LogP contribution in [0.25, 0.3) is 0 Å². The predicted molar refractivity (Wildman–Crippen MR) is 103 cm³/mol. The monoisotopic (exact) mass is 364 g/mol. The first kappa shape index (κ1) is 19.5. The molecule has 0 aliphatic heterocycles. The normalized spacial score (nSPS) is 12.3. The Hall–Kier alpha value is -3.79. The number of carboxylic acids is 1. The average molecular weight is 364 g/mol. The summed E-state index contributed by atoms with van der Waals surface area (Å²) in [5.74, 6) is 0.123. The van der Waals surface area contributed by atoms with E-state index in [1.807, 2.05) is 0 Å². The number of hydrogen-bond donors (Lipinski definition) is 4. The van der Waals surface area contributed by atoms with E-state index < -0.39 is 23.8 Å². The van der Waals surface area contributed by atoms with Gasteiger partial charge in [-0.2, -0.15) is 0 Å². The number of benzene rings is 2. The van der Waals surface area contributed by atoms with Crippen molar-refractivity contribution in [2.75, 3.05) is 0 Å². The number of rotatable bonds is 7. The van der Waals surface area contributed by atoms with Crippen molar-refractivity contribution in [3.05, 3.63) is 65.7 Å². The molecule has 1 amide bonds.